The minimum absolute atomic E-state index is 0.0915. The van der Waals surface area contributed by atoms with E-state index in [9.17, 15) is 39.6 Å². The average Bonchev–Trinajstić information content (AvgIpc) is 3.44. The van der Waals surface area contributed by atoms with Crippen LogP contribution in [0.2, 0.25) is 0 Å². The lowest BCUT2D eigenvalue weighted by molar-refractivity contribution is -0.349. The number of rotatable bonds is 3. The summed E-state index contributed by atoms with van der Waals surface area (Å²) in [5.74, 6) is -6.45. The highest BCUT2D eigenvalue weighted by Gasteiger charge is 2.59. The average molecular weight is 793 g/mol. The molecule has 6 bridgehead atoms. The molecule has 11 atom stereocenters. The molecule has 3 fully saturated rings. The van der Waals surface area contributed by atoms with E-state index < -0.39 is 113 Å². The van der Waals surface area contributed by atoms with Crippen molar-refractivity contribution < 1.29 is 72.8 Å². The van der Waals surface area contributed by atoms with Crippen LogP contribution in [0.3, 0.4) is 0 Å². The number of aliphatic hydroxyl groups is 4. The fourth-order valence-electron chi connectivity index (χ4n) is 8.04. The van der Waals surface area contributed by atoms with E-state index >= 15 is 0 Å². The Balaban J connectivity index is 1.57. The molecule has 3 saturated heterocycles. The van der Waals surface area contributed by atoms with Crippen LogP contribution in [-0.4, -0.2) is 118 Å². The van der Waals surface area contributed by atoms with Crippen LogP contribution in [0.5, 0.6) is 0 Å². The molecule has 4 N–H and O–H groups in total. The first-order chi connectivity index (χ1) is 25.8. The minimum Gasteiger partial charge on any atom is -0.466 e. The van der Waals surface area contributed by atoms with Gasteiger partial charge in [-0.2, -0.15) is 0 Å². The summed E-state index contributed by atoms with van der Waals surface area (Å²) in [5.41, 5.74) is -2.08. The number of hydrogen-bond acceptors (Lipinski definition) is 15. The van der Waals surface area contributed by atoms with Gasteiger partial charge in [0.25, 0.3) is 0 Å². The van der Waals surface area contributed by atoms with Crippen molar-refractivity contribution >= 4 is 23.9 Å². The number of carbonyl (C=O) groups excluding carboxylic acids is 4. The summed E-state index contributed by atoms with van der Waals surface area (Å²) in [5, 5.41) is 46.7. The monoisotopic (exact) mass is 792 g/mol. The van der Waals surface area contributed by atoms with E-state index in [1.165, 1.54) is 26.2 Å². The van der Waals surface area contributed by atoms with Gasteiger partial charge in [0.05, 0.1) is 54.9 Å². The van der Waals surface area contributed by atoms with Gasteiger partial charge in [0, 0.05) is 49.7 Å². The van der Waals surface area contributed by atoms with E-state index in [0.717, 1.165) is 0 Å². The fourth-order valence-corrected chi connectivity index (χ4v) is 8.04. The molecule has 0 aliphatic carbocycles. The lowest BCUT2D eigenvalue weighted by Gasteiger charge is -2.54. The van der Waals surface area contributed by atoms with Crippen molar-refractivity contribution in [1.82, 2.24) is 0 Å². The summed E-state index contributed by atoms with van der Waals surface area (Å²) in [6, 6.07) is 0. The molecule has 0 aromatic carbocycles. The second kappa shape index (κ2) is 16.2. The smallest absolute Gasteiger partial charge is 0.331 e. The molecule has 0 saturated carbocycles. The van der Waals surface area contributed by atoms with E-state index in [-0.39, 0.29) is 44.9 Å². The van der Waals surface area contributed by atoms with Crippen LogP contribution in [0.1, 0.15) is 107 Å². The Morgan fingerprint density at radius 1 is 0.964 bits per heavy atom. The number of cyclic esters (lactones) is 1. The summed E-state index contributed by atoms with van der Waals surface area (Å²) in [6.45, 7) is 13.5. The van der Waals surface area contributed by atoms with Crippen LogP contribution in [0, 0.1) is 16.2 Å². The molecule has 0 radical (unpaired) electrons. The second-order valence-electron chi connectivity index (χ2n) is 18.2. The quantitative estimate of drug-likeness (QED) is 0.140. The zero-order valence-electron chi connectivity index (χ0n) is 33.9. The minimum atomic E-state index is -2.01. The SMILES string of the molecule is COC(=O)/C=C1/C[C@H]2C[C@]3(O)O[C@H](C[C@@H](O)CC(=O)O[C@@H]([C@H](C)O)C[C@H]4O[C@](O)(CC5=CC(=O)O[C@@H]54)C(C)(C)/C=C/[C@@H](C1)O2)C[C@H](OC(=O)C(C)(C)C)C3(C)C. The van der Waals surface area contributed by atoms with Crippen LogP contribution in [0.25, 0.3) is 0 Å². The summed E-state index contributed by atoms with van der Waals surface area (Å²) < 4.78 is 41.5. The first-order valence-corrected chi connectivity index (χ1v) is 19.4. The first kappa shape index (κ1) is 43.9. The molecule has 15 heteroatoms. The van der Waals surface area contributed by atoms with Gasteiger partial charge in [-0.3, -0.25) is 9.59 Å². The van der Waals surface area contributed by atoms with Crippen molar-refractivity contribution in [2.45, 2.75) is 173 Å². The molecule has 5 rings (SSSR count). The number of methoxy groups -OCH3 is 1. The number of fused-ring (bicyclic) bond motifs is 8. The van der Waals surface area contributed by atoms with Crippen LogP contribution >= 0.6 is 0 Å². The molecular weight excluding hydrogens is 732 g/mol. The highest BCUT2D eigenvalue weighted by molar-refractivity contribution is 5.86. The molecule has 0 aromatic heterocycles. The van der Waals surface area contributed by atoms with Crippen molar-refractivity contribution in [2.24, 2.45) is 16.2 Å². The Labute approximate surface area is 328 Å². The maximum absolute atomic E-state index is 13.3. The standard InChI is InChI=1S/C41H60O15/c1-22(42)29-19-30-35-24(15-33(45)54-35)20-40(48,56-30)38(5,6)11-10-26-12-23(14-32(44)50-9)13-28(51-26)21-41(49)39(7,8)31(53-36(47)37(2,3)4)18-27(55-41)16-25(43)17-34(46)52-29/h10-11,14-15,22,25-31,35,42-43,48-49H,12-13,16-21H2,1-9H3/b11-10+,23-14+/t22-,25+,26-,27+,28-,29+,30+,31-,35-,40+,41-/m0/s1. The van der Waals surface area contributed by atoms with E-state index in [2.05, 4.69) is 0 Å². The number of hydrogen-bond donors (Lipinski definition) is 4. The van der Waals surface area contributed by atoms with Gasteiger partial charge in [-0.05, 0) is 46.1 Å². The third-order valence-electron chi connectivity index (χ3n) is 11.9. The predicted molar refractivity (Wildman–Crippen MR) is 197 cm³/mol. The second-order valence-corrected chi connectivity index (χ2v) is 18.2. The van der Waals surface area contributed by atoms with Crippen LogP contribution < -0.4 is 0 Å². The molecule has 5 aliphatic heterocycles. The summed E-state index contributed by atoms with van der Waals surface area (Å²) >= 11 is 0. The molecule has 0 unspecified atom stereocenters. The maximum Gasteiger partial charge on any atom is 0.331 e. The summed E-state index contributed by atoms with van der Waals surface area (Å²) in [6.07, 6.45) is -3.16. The summed E-state index contributed by atoms with van der Waals surface area (Å²) in [4.78, 5) is 51.5. The Morgan fingerprint density at radius 3 is 2.30 bits per heavy atom. The van der Waals surface area contributed by atoms with Gasteiger partial charge in [0.15, 0.2) is 17.7 Å². The third kappa shape index (κ3) is 9.57. The topological polar surface area (TPSA) is 214 Å². The van der Waals surface area contributed by atoms with Crippen LogP contribution in [0.15, 0.2) is 35.5 Å². The molecule has 0 aromatic rings. The van der Waals surface area contributed by atoms with E-state index in [0.29, 0.717) is 11.1 Å². The van der Waals surface area contributed by atoms with Gasteiger partial charge in [0.2, 0.25) is 0 Å². The van der Waals surface area contributed by atoms with Crippen molar-refractivity contribution in [3.8, 4) is 0 Å². The molecule has 56 heavy (non-hydrogen) atoms. The van der Waals surface area contributed by atoms with Gasteiger partial charge < -0.3 is 53.6 Å². The molecule has 314 valence electrons. The molecule has 15 nitrogen and oxygen atoms in total. The molecule has 5 aliphatic rings. The number of carbonyl (C=O) groups is 4. The molecule has 0 amide bonds. The van der Waals surface area contributed by atoms with Gasteiger partial charge in [0.1, 0.15) is 18.3 Å². The van der Waals surface area contributed by atoms with Crippen molar-refractivity contribution in [1.29, 1.82) is 0 Å². The maximum atomic E-state index is 13.3. The van der Waals surface area contributed by atoms with Gasteiger partial charge in [-0.25, -0.2) is 9.59 Å². The molecular formula is C41H60O15. The zero-order valence-corrected chi connectivity index (χ0v) is 33.9. The van der Waals surface area contributed by atoms with Crippen LogP contribution in [-0.2, 0) is 52.3 Å². The number of esters is 4. The Morgan fingerprint density at radius 2 is 1.66 bits per heavy atom. The summed E-state index contributed by atoms with van der Waals surface area (Å²) in [7, 11) is 1.27. The Hall–Kier alpha value is -3.18. The molecule has 0 spiro atoms. The van der Waals surface area contributed by atoms with Gasteiger partial charge >= 0.3 is 23.9 Å². The van der Waals surface area contributed by atoms with Crippen molar-refractivity contribution in [3.63, 3.8) is 0 Å². The van der Waals surface area contributed by atoms with Gasteiger partial charge in [-0.1, -0.05) is 45.4 Å². The zero-order chi connectivity index (χ0) is 41.6. The van der Waals surface area contributed by atoms with Gasteiger partial charge in [-0.15, -0.1) is 0 Å². The lowest BCUT2D eigenvalue weighted by Crippen LogP contribution is -2.62. The van der Waals surface area contributed by atoms with Crippen LogP contribution in [0.4, 0.5) is 0 Å². The fraction of sp³-hybridized carbons (Fsp3) is 0.756. The number of ether oxygens (including phenoxy) is 7. The van der Waals surface area contributed by atoms with E-state index in [4.69, 9.17) is 33.2 Å². The number of aliphatic hydroxyl groups excluding tert-OH is 2. The lowest BCUT2D eigenvalue weighted by atomic mass is 9.70. The first-order valence-electron chi connectivity index (χ1n) is 19.4. The predicted octanol–water partition coefficient (Wildman–Crippen LogP) is 3.23. The highest BCUT2D eigenvalue weighted by Crippen LogP contribution is 2.50. The van der Waals surface area contributed by atoms with Crippen molar-refractivity contribution in [3.05, 3.63) is 35.5 Å². The largest absolute Gasteiger partial charge is 0.466 e. The third-order valence-corrected chi connectivity index (χ3v) is 11.9. The van der Waals surface area contributed by atoms with Crippen molar-refractivity contribution in [2.75, 3.05) is 7.11 Å². The van der Waals surface area contributed by atoms with E-state index in [1.54, 1.807) is 60.6 Å². The molecule has 5 heterocycles. The highest BCUT2D eigenvalue weighted by atomic mass is 16.7. The normalized spacial score (nSPS) is 39.5. The Bertz CT molecular complexity index is 1600. The Kier molecular flexibility index (Phi) is 12.7. The van der Waals surface area contributed by atoms with E-state index in [1.807, 2.05) is 0 Å².